The zero-order valence-electron chi connectivity index (χ0n) is 20.3. The summed E-state index contributed by atoms with van der Waals surface area (Å²) in [4.78, 5) is 32.2. The predicted molar refractivity (Wildman–Crippen MR) is 143 cm³/mol. The number of piperidine rings is 1. The number of fused-ring (bicyclic) bond motifs is 1. The molecule has 0 bridgehead atoms. The normalized spacial score (nSPS) is 14.1. The monoisotopic (exact) mass is 499 g/mol. The van der Waals surface area contributed by atoms with Crippen LogP contribution in [0.25, 0.3) is 10.2 Å². The van der Waals surface area contributed by atoms with Crippen LogP contribution in [-0.4, -0.2) is 42.0 Å². The SMILES string of the molecule is COC(=O)Cc1csc2c(NCc3ccccc3)c(C(=O)N3CCC(c4ccccc4)CC3)cnc12. The van der Waals surface area contributed by atoms with Gasteiger partial charge in [0.05, 0.1) is 35.0 Å². The summed E-state index contributed by atoms with van der Waals surface area (Å²) in [7, 11) is 1.38. The Morgan fingerprint density at radius 2 is 1.75 bits per heavy atom. The Bertz CT molecular complexity index is 1350. The number of esters is 1. The molecule has 184 valence electrons. The molecule has 2 aromatic heterocycles. The molecule has 0 atom stereocenters. The third-order valence-electron chi connectivity index (χ3n) is 6.82. The summed E-state index contributed by atoms with van der Waals surface area (Å²) >= 11 is 1.50. The number of carbonyl (C=O) groups excluding carboxylic acids is 2. The standard InChI is InChI=1S/C29H29N3O3S/c1-35-25(33)16-23-19-36-28-26(23)31-18-24(27(28)30-17-20-8-4-2-5-9-20)29(34)32-14-12-22(13-15-32)21-10-6-3-7-11-21/h2-11,18-19,22H,12-17H2,1H3,(H,30,31). The molecular formula is C29H29N3O3S. The Morgan fingerprint density at radius 1 is 1.06 bits per heavy atom. The molecular weight excluding hydrogens is 470 g/mol. The van der Waals surface area contributed by atoms with Crippen molar-refractivity contribution in [1.82, 2.24) is 9.88 Å². The number of benzene rings is 2. The molecule has 0 spiro atoms. The first-order valence-electron chi connectivity index (χ1n) is 12.2. The largest absolute Gasteiger partial charge is 0.469 e. The molecule has 0 aliphatic carbocycles. The lowest BCUT2D eigenvalue weighted by Gasteiger charge is -2.32. The summed E-state index contributed by atoms with van der Waals surface area (Å²) in [6.45, 7) is 2.01. The highest BCUT2D eigenvalue weighted by Crippen LogP contribution is 2.36. The summed E-state index contributed by atoms with van der Waals surface area (Å²) in [6, 6.07) is 20.6. The number of hydrogen-bond donors (Lipinski definition) is 1. The fourth-order valence-electron chi connectivity index (χ4n) is 4.81. The first kappa shape index (κ1) is 24.0. The van der Waals surface area contributed by atoms with Gasteiger partial charge in [0.25, 0.3) is 5.91 Å². The summed E-state index contributed by atoms with van der Waals surface area (Å²) in [5.74, 6) is 0.163. The zero-order valence-corrected chi connectivity index (χ0v) is 21.1. The van der Waals surface area contributed by atoms with Gasteiger partial charge < -0.3 is 15.0 Å². The van der Waals surface area contributed by atoms with Crippen molar-refractivity contribution in [2.45, 2.75) is 31.7 Å². The van der Waals surface area contributed by atoms with Gasteiger partial charge in [0, 0.05) is 31.4 Å². The maximum atomic E-state index is 13.7. The molecule has 2 aromatic carbocycles. The van der Waals surface area contributed by atoms with E-state index in [0.717, 1.165) is 39.9 Å². The van der Waals surface area contributed by atoms with Gasteiger partial charge in [0.15, 0.2) is 0 Å². The molecule has 7 heteroatoms. The number of ether oxygens (including phenoxy) is 1. The minimum Gasteiger partial charge on any atom is -0.469 e. The molecule has 1 saturated heterocycles. The molecule has 0 radical (unpaired) electrons. The molecule has 5 rings (SSSR count). The molecule has 1 fully saturated rings. The van der Waals surface area contributed by atoms with Crippen LogP contribution in [-0.2, 0) is 22.5 Å². The first-order valence-corrected chi connectivity index (χ1v) is 13.1. The Morgan fingerprint density at radius 3 is 2.44 bits per heavy atom. The smallest absolute Gasteiger partial charge is 0.310 e. The topological polar surface area (TPSA) is 71.5 Å². The van der Waals surface area contributed by atoms with Gasteiger partial charge in [-0.3, -0.25) is 14.6 Å². The lowest BCUT2D eigenvalue weighted by atomic mass is 9.89. The predicted octanol–water partition coefficient (Wildman–Crippen LogP) is 5.64. The molecule has 3 heterocycles. The van der Waals surface area contributed by atoms with E-state index < -0.39 is 0 Å². The van der Waals surface area contributed by atoms with Crippen LogP contribution >= 0.6 is 11.3 Å². The van der Waals surface area contributed by atoms with Crippen LogP contribution < -0.4 is 5.32 Å². The molecule has 6 nitrogen and oxygen atoms in total. The maximum Gasteiger partial charge on any atom is 0.310 e. The van der Waals surface area contributed by atoms with Crippen molar-refractivity contribution in [3.05, 3.63) is 94.5 Å². The van der Waals surface area contributed by atoms with Crippen LogP contribution in [0.2, 0.25) is 0 Å². The third kappa shape index (κ3) is 5.11. The highest BCUT2D eigenvalue weighted by atomic mass is 32.1. The fraction of sp³-hybridized carbons (Fsp3) is 0.276. The lowest BCUT2D eigenvalue weighted by molar-refractivity contribution is -0.139. The number of methoxy groups -OCH3 is 1. The van der Waals surface area contributed by atoms with Gasteiger partial charge in [-0.25, -0.2) is 0 Å². The second-order valence-electron chi connectivity index (χ2n) is 9.05. The quantitative estimate of drug-likeness (QED) is 0.333. The number of nitrogens with one attached hydrogen (secondary N) is 1. The number of anilines is 1. The zero-order chi connectivity index (χ0) is 24.9. The lowest BCUT2D eigenvalue weighted by Crippen LogP contribution is -2.38. The summed E-state index contributed by atoms with van der Waals surface area (Å²) < 4.78 is 5.74. The van der Waals surface area contributed by atoms with E-state index in [1.165, 1.54) is 24.0 Å². The maximum absolute atomic E-state index is 13.7. The van der Waals surface area contributed by atoms with E-state index in [-0.39, 0.29) is 18.3 Å². The van der Waals surface area contributed by atoms with E-state index in [1.807, 2.05) is 34.5 Å². The second kappa shape index (κ2) is 10.9. The van der Waals surface area contributed by atoms with E-state index in [4.69, 9.17) is 4.74 Å². The number of carbonyl (C=O) groups is 2. The summed E-state index contributed by atoms with van der Waals surface area (Å²) in [5.41, 5.74) is 5.36. The highest BCUT2D eigenvalue weighted by molar-refractivity contribution is 7.18. The van der Waals surface area contributed by atoms with Crippen LogP contribution in [0.1, 0.15) is 45.8 Å². The number of amides is 1. The number of rotatable bonds is 7. The van der Waals surface area contributed by atoms with Crippen molar-refractivity contribution in [2.75, 3.05) is 25.5 Å². The van der Waals surface area contributed by atoms with Gasteiger partial charge in [-0.05, 0) is 35.3 Å². The number of thiophene rings is 1. The van der Waals surface area contributed by atoms with Crippen molar-refractivity contribution in [3.8, 4) is 0 Å². The van der Waals surface area contributed by atoms with Crippen molar-refractivity contribution < 1.29 is 14.3 Å². The van der Waals surface area contributed by atoms with E-state index in [2.05, 4.69) is 46.7 Å². The Balaban J connectivity index is 1.42. The molecule has 0 unspecified atom stereocenters. The molecule has 1 aliphatic rings. The van der Waals surface area contributed by atoms with Crippen molar-refractivity contribution >= 4 is 39.1 Å². The van der Waals surface area contributed by atoms with Crippen molar-refractivity contribution in [1.29, 1.82) is 0 Å². The van der Waals surface area contributed by atoms with Gasteiger partial charge in [-0.15, -0.1) is 11.3 Å². The second-order valence-corrected chi connectivity index (χ2v) is 9.93. The van der Waals surface area contributed by atoms with Crippen LogP contribution in [0.5, 0.6) is 0 Å². The summed E-state index contributed by atoms with van der Waals surface area (Å²) in [6.07, 6.45) is 3.71. The van der Waals surface area contributed by atoms with Crippen molar-refractivity contribution in [3.63, 3.8) is 0 Å². The number of likely N-dealkylation sites (tertiary alicyclic amines) is 1. The van der Waals surface area contributed by atoms with Crippen LogP contribution in [0.4, 0.5) is 5.69 Å². The fourth-order valence-corrected chi connectivity index (χ4v) is 5.86. The van der Waals surface area contributed by atoms with Gasteiger partial charge in [-0.2, -0.15) is 0 Å². The van der Waals surface area contributed by atoms with Crippen LogP contribution in [0.15, 0.2) is 72.2 Å². The Labute approximate surface area is 214 Å². The third-order valence-corrected chi connectivity index (χ3v) is 7.85. The molecule has 1 N–H and O–H groups in total. The van der Waals surface area contributed by atoms with E-state index in [1.54, 1.807) is 6.20 Å². The van der Waals surface area contributed by atoms with E-state index in [9.17, 15) is 9.59 Å². The average Bonchev–Trinajstić information content (AvgIpc) is 3.35. The van der Waals surface area contributed by atoms with Crippen molar-refractivity contribution in [2.24, 2.45) is 0 Å². The van der Waals surface area contributed by atoms with Crippen LogP contribution in [0.3, 0.4) is 0 Å². The van der Waals surface area contributed by atoms with Crippen LogP contribution in [0, 0.1) is 0 Å². The minimum atomic E-state index is -0.309. The van der Waals surface area contributed by atoms with E-state index >= 15 is 0 Å². The number of aromatic nitrogens is 1. The minimum absolute atomic E-state index is 0.00519. The number of nitrogens with zero attached hydrogens (tertiary/aromatic N) is 2. The Hall–Kier alpha value is -3.71. The first-order chi connectivity index (χ1) is 17.6. The number of hydrogen-bond acceptors (Lipinski definition) is 6. The Kier molecular flexibility index (Phi) is 7.28. The molecule has 36 heavy (non-hydrogen) atoms. The van der Waals surface area contributed by atoms with Gasteiger partial charge in [0.1, 0.15) is 0 Å². The average molecular weight is 500 g/mol. The molecule has 4 aromatic rings. The van der Waals surface area contributed by atoms with Gasteiger partial charge in [0.2, 0.25) is 0 Å². The van der Waals surface area contributed by atoms with Gasteiger partial charge in [-0.1, -0.05) is 60.7 Å². The summed E-state index contributed by atoms with van der Waals surface area (Å²) in [5, 5.41) is 5.45. The molecule has 0 saturated carbocycles. The highest BCUT2D eigenvalue weighted by Gasteiger charge is 2.27. The number of pyridine rings is 1. The molecule has 1 amide bonds. The molecule has 1 aliphatic heterocycles. The van der Waals surface area contributed by atoms with E-state index in [0.29, 0.717) is 31.1 Å². The van der Waals surface area contributed by atoms with Gasteiger partial charge >= 0.3 is 5.97 Å².